The third kappa shape index (κ3) is 3.47. The molecule has 0 unspecified atom stereocenters. The molecule has 0 spiro atoms. The molecule has 2 aromatic rings. The second kappa shape index (κ2) is 5.49. The molecule has 0 aliphatic heterocycles. The van der Waals surface area contributed by atoms with E-state index in [-0.39, 0.29) is 17.8 Å². The van der Waals surface area contributed by atoms with E-state index in [2.05, 4.69) is 0 Å². The summed E-state index contributed by atoms with van der Waals surface area (Å²) in [5, 5.41) is 0. The van der Waals surface area contributed by atoms with E-state index in [0.717, 1.165) is 23.3 Å². The summed E-state index contributed by atoms with van der Waals surface area (Å²) in [4.78, 5) is 12.0. The average Bonchev–Trinajstić information content (AvgIpc) is 2.40. The van der Waals surface area contributed by atoms with Gasteiger partial charge in [0.1, 0.15) is 0 Å². The summed E-state index contributed by atoms with van der Waals surface area (Å²) < 4.78 is 37.8. The molecule has 4 heteroatoms. The SMILES string of the molecule is Cc1ccc(CC(=O)c2cccc(C(F)(F)F)c2)cc1. The summed E-state index contributed by atoms with van der Waals surface area (Å²) in [6.45, 7) is 1.93. The molecule has 20 heavy (non-hydrogen) atoms. The van der Waals surface area contributed by atoms with Crippen LogP contribution in [0.3, 0.4) is 0 Å². The van der Waals surface area contributed by atoms with Crippen LogP contribution in [0.15, 0.2) is 48.5 Å². The molecule has 0 heterocycles. The summed E-state index contributed by atoms with van der Waals surface area (Å²) in [7, 11) is 0. The van der Waals surface area contributed by atoms with Gasteiger partial charge in [-0.3, -0.25) is 4.79 Å². The highest BCUT2D eigenvalue weighted by atomic mass is 19.4. The molecule has 0 radical (unpaired) electrons. The number of halogens is 3. The van der Waals surface area contributed by atoms with E-state index >= 15 is 0 Å². The zero-order chi connectivity index (χ0) is 14.8. The standard InChI is InChI=1S/C16H13F3O/c1-11-5-7-12(8-6-11)9-15(20)13-3-2-4-14(10-13)16(17,18)19/h2-8,10H,9H2,1H3. The monoisotopic (exact) mass is 278 g/mol. The van der Waals surface area contributed by atoms with Crippen molar-refractivity contribution in [2.24, 2.45) is 0 Å². The quantitative estimate of drug-likeness (QED) is 0.759. The molecule has 0 saturated heterocycles. The smallest absolute Gasteiger partial charge is 0.294 e. The number of carbonyl (C=O) groups excluding carboxylic acids is 1. The Labute approximate surface area is 115 Å². The molecule has 0 aliphatic carbocycles. The first-order chi connectivity index (χ1) is 9.36. The molecule has 0 aromatic heterocycles. The summed E-state index contributed by atoms with van der Waals surface area (Å²) in [5.41, 5.74) is 1.14. The third-order valence-electron chi connectivity index (χ3n) is 3.00. The van der Waals surface area contributed by atoms with Gasteiger partial charge >= 0.3 is 6.18 Å². The molecule has 0 bridgehead atoms. The Morgan fingerprint density at radius 3 is 2.30 bits per heavy atom. The number of hydrogen-bond acceptors (Lipinski definition) is 1. The first kappa shape index (κ1) is 14.3. The first-order valence-corrected chi connectivity index (χ1v) is 6.12. The largest absolute Gasteiger partial charge is 0.416 e. The number of Topliss-reactive ketones (excluding diaryl/α,β-unsaturated/α-hetero) is 1. The van der Waals surface area contributed by atoms with Gasteiger partial charge in [0.05, 0.1) is 5.56 Å². The van der Waals surface area contributed by atoms with Gasteiger partial charge in [0.25, 0.3) is 0 Å². The molecular weight excluding hydrogens is 265 g/mol. The molecular formula is C16H13F3O. The number of hydrogen-bond donors (Lipinski definition) is 0. The van der Waals surface area contributed by atoms with E-state index in [4.69, 9.17) is 0 Å². The predicted octanol–water partition coefficient (Wildman–Crippen LogP) is 4.44. The highest BCUT2D eigenvalue weighted by Crippen LogP contribution is 2.29. The van der Waals surface area contributed by atoms with Crippen LogP contribution in [-0.2, 0) is 12.6 Å². The molecule has 2 rings (SSSR count). The maximum atomic E-state index is 12.6. The topological polar surface area (TPSA) is 17.1 Å². The van der Waals surface area contributed by atoms with Gasteiger partial charge in [0, 0.05) is 12.0 Å². The number of ketones is 1. The van der Waals surface area contributed by atoms with E-state index in [1.54, 1.807) is 12.1 Å². The maximum Gasteiger partial charge on any atom is 0.416 e. The average molecular weight is 278 g/mol. The number of alkyl halides is 3. The number of rotatable bonds is 3. The normalized spacial score (nSPS) is 11.4. The van der Waals surface area contributed by atoms with Crippen molar-refractivity contribution in [1.82, 2.24) is 0 Å². The Balaban J connectivity index is 2.19. The van der Waals surface area contributed by atoms with Crippen LogP contribution in [0.5, 0.6) is 0 Å². The maximum absolute atomic E-state index is 12.6. The van der Waals surface area contributed by atoms with E-state index in [1.165, 1.54) is 12.1 Å². The Morgan fingerprint density at radius 2 is 1.70 bits per heavy atom. The lowest BCUT2D eigenvalue weighted by atomic mass is 10.0. The Morgan fingerprint density at radius 1 is 1.05 bits per heavy atom. The molecule has 0 amide bonds. The highest BCUT2D eigenvalue weighted by molar-refractivity contribution is 5.97. The van der Waals surface area contributed by atoms with Crippen molar-refractivity contribution < 1.29 is 18.0 Å². The van der Waals surface area contributed by atoms with Gasteiger partial charge in [-0.05, 0) is 24.6 Å². The van der Waals surface area contributed by atoms with Gasteiger partial charge in [-0.1, -0.05) is 42.0 Å². The van der Waals surface area contributed by atoms with Crippen LogP contribution >= 0.6 is 0 Å². The van der Waals surface area contributed by atoms with Crippen molar-refractivity contribution in [3.8, 4) is 0 Å². The van der Waals surface area contributed by atoms with Crippen LogP contribution in [0.1, 0.15) is 27.0 Å². The Hall–Kier alpha value is -2.10. The summed E-state index contributed by atoms with van der Waals surface area (Å²) >= 11 is 0. The van der Waals surface area contributed by atoms with Gasteiger partial charge in [-0.25, -0.2) is 0 Å². The summed E-state index contributed by atoms with van der Waals surface area (Å²) in [6.07, 6.45) is -4.33. The molecule has 0 aliphatic rings. The lowest BCUT2D eigenvalue weighted by Crippen LogP contribution is -2.09. The van der Waals surface area contributed by atoms with Crippen molar-refractivity contribution in [2.45, 2.75) is 19.5 Å². The van der Waals surface area contributed by atoms with Crippen molar-refractivity contribution in [3.05, 3.63) is 70.8 Å². The second-order valence-electron chi connectivity index (χ2n) is 4.66. The Bertz CT molecular complexity index is 612. The van der Waals surface area contributed by atoms with Gasteiger partial charge in [-0.2, -0.15) is 13.2 Å². The van der Waals surface area contributed by atoms with Crippen molar-refractivity contribution in [2.75, 3.05) is 0 Å². The lowest BCUT2D eigenvalue weighted by Gasteiger charge is -2.08. The van der Waals surface area contributed by atoms with Crippen LogP contribution in [0.4, 0.5) is 13.2 Å². The molecule has 1 nitrogen and oxygen atoms in total. The third-order valence-corrected chi connectivity index (χ3v) is 3.00. The fraction of sp³-hybridized carbons (Fsp3) is 0.188. The lowest BCUT2D eigenvalue weighted by molar-refractivity contribution is -0.137. The number of carbonyl (C=O) groups is 1. The molecule has 0 atom stereocenters. The highest BCUT2D eigenvalue weighted by Gasteiger charge is 2.30. The van der Waals surface area contributed by atoms with Gasteiger partial charge < -0.3 is 0 Å². The zero-order valence-electron chi connectivity index (χ0n) is 10.9. The van der Waals surface area contributed by atoms with Crippen LogP contribution in [-0.4, -0.2) is 5.78 Å². The van der Waals surface area contributed by atoms with Gasteiger partial charge in [0.2, 0.25) is 0 Å². The minimum atomic E-state index is -4.43. The molecule has 0 saturated carbocycles. The molecule has 104 valence electrons. The minimum Gasteiger partial charge on any atom is -0.294 e. The van der Waals surface area contributed by atoms with Crippen molar-refractivity contribution >= 4 is 5.78 Å². The van der Waals surface area contributed by atoms with Crippen LogP contribution in [0, 0.1) is 6.92 Å². The van der Waals surface area contributed by atoms with Crippen LogP contribution < -0.4 is 0 Å². The van der Waals surface area contributed by atoms with Crippen LogP contribution in [0.25, 0.3) is 0 Å². The van der Waals surface area contributed by atoms with E-state index in [1.807, 2.05) is 19.1 Å². The summed E-state index contributed by atoms with van der Waals surface area (Å²) in [5.74, 6) is -0.319. The van der Waals surface area contributed by atoms with Crippen LogP contribution in [0.2, 0.25) is 0 Å². The van der Waals surface area contributed by atoms with Crippen molar-refractivity contribution in [1.29, 1.82) is 0 Å². The zero-order valence-corrected chi connectivity index (χ0v) is 10.9. The predicted molar refractivity (Wildman–Crippen MR) is 70.7 cm³/mol. The fourth-order valence-corrected chi connectivity index (χ4v) is 1.86. The first-order valence-electron chi connectivity index (χ1n) is 6.12. The molecule has 2 aromatic carbocycles. The molecule has 0 fully saturated rings. The van der Waals surface area contributed by atoms with E-state index in [9.17, 15) is 18.0 Å². The summed E-state index contributed by atoms with van der Waals surface area (Å²) in [6, 6.07) is 11.9. The van der Waals surface area contributed by atoms with E-state index < -0.39 is 11.7 Å². The number of aryl methyl sites for hydroxylation is 1. The second-order valence-corrected chi connectivity index (χ2v) is 4.66. The molecule has 0 N–H and O–H groups in total. The fourth-order valence-electron chi connectivity index (χ4n) is 1.86. The minimum absolute atomic E-state index is 0.0837. The van der Waals surface area contributed by atoms with Crippen molar-refractivity contribution in [3.63, 3.8) is 0 Å². The Kier molecular flexibility index (Phi) is 3.93. The van der Waals surface area contributed by atoms with Gasteiger partial charge in [-0.15, -0.1) is 0 Å². The van der Waals surface area contributed by atoms with E-state index in [0.29, 0.717) is 0 Å². The number of benzene rings is 2. The van der Waals surface area contributed by atoms with Gasteiger partial charge in [0.15, 0.2) is 5.78 Å².